The first kappa shape index (κ1) is 14.9. The van der Waals surface area contributed by atoms with Crippen molar-refractivity contribution in [3.8, 4) is 0 Å². The number of hydrogen-bond donors (Lipinski definition) is 1. The van der Waals surface area contributed by atoms with Crippen molar-refractivity contribution in [2.24, 2.45) is 0 Å². The van der Waals surface area contributed by atoms with E-state index in [1.54, 1.807) is 0 Å². The Morgan fingerprint density at radius 1 is 1.14 bits per heavy atom. The molecule has 2 fully saturated rings. The maximum absolute atomic E-state index is 4.54. The Balaban J connectivity index is 1.54. The summed E-state index contributed by atoms with van der Waals surface area (Å²) in [5.41, 5.74) is 0. The average molecular weight is 290 g/mol. The summed E-state index contributed by atoms with van der Waals surface area (Å²) in [6, 6.07) is 1.26. The van der Waals surface area contributed by atoms with Gasteiger partial charge in [-0.25, -0.2) is 4.98 Å². The molecule has 4 heteroatoms. The first-order valence-electron chi connectivity index (χ1n) is 8.85. The lowest BCUT2D eigenvalue weighted by molar-refractivity contribution is 0.180. The molecular weight excluding hydrogens is 260 g/mol. The van der Waals surface area contributed by atoms with Crippen LogP contribution in [-0.4, -0.2) is 40.1 Å². The van der Waals surface area contributed by atoms with Crippen LogP contribution in [0.25, 0.3) is 0 Å². The quantitative estimate of drug-likeness (QED) is 0.898. The van der Waals surface area contributed by atoms with Crippen molar-refractivity contribution >= 4 is 5.95 Å². The molecule has 3 rings (SSSR count). The summed E-state index contributed by atoms with van der Waals surface area (Å²) < 4.78 is 2.38. The molecule has 1 aliphatic heterocycles. The van der Waals surface area contributed by atoms with E-state index < -0.39 is 0 Å². The molecule has 1 saturated heterocycles. The molecule has 118 valence electrons. The van der Waals surface area contributed by atoms with E-state index in [1.807, 2.05) is 6.20 Å². The van der Waals surface area contributed by atoms with Crippen molar-refractivity contribution in [2.45, 2.75) is 70.4 Å². The fourth-order valence-electron chi connectivity index (χ4n) is 3.83. The molecule has 0 spiro atoms. The van der Waals surface area contributed by atoms with Crippen molar-refractivity contribution in [1.82, 2.24) is 14.5 Å². The van der Waals surface area contributed by atoms with E-state index >= 15 is 0 Å². The molecule has 0 radical (unpaired) electrons. The molecule has 1 N–H and O–H groups in total. The van der Waals surface area contributed by atoms with Gasteiger partial charge in [-0.2, -0.15) is 0 Å². The van der Waals surface area contributed by atoms with Gasteiger partial charge in [0.25, 0.3) is 0 Å². The second-order valence-electron chi connectivity index (χ2n) is 6.78. The number of nitrogens with one attached hydrogen (secondary N) is 1. The number of imidazole rings is 1. The molecule has 4 nitrogen and oxygen atoms in total. The van der Waals surface area contributed by atoms with Gasteiger partial charge in [-0.3, -0.25) is 4.90 Å². The van der Waals surface area contributed by atoms with E-state index in [4.69, 9.17) is 0 Å². The first-order chi connectivity index (χ1) is 10.3. The zero-order chi connectivity index (χ0) is 14.5. The molecule has 0 aromatic carbocycles. The summed E-state index contributed by atoms with van der Waals surface area (Å²) in [6.45, 7) is 5.87. The molecule has 1 unspecified atom stereocenters. The van der Waals surface area contributed by atoms with Crippen LogP contribution in [0.5, 0.6) is 0 Å². The Morgan fingerprint density at radius 3 is 2.62 bits per heavy atom. The number of nitrogens with zero attached hydrogens (tertiary/aromatic N) is 3. The van der Waals surface area contributed by atoms with E-state index in [0.717, 1.165) is 12.5 Å². The van der Waals surface area contributed by atoms with Gasteiger partial charge in [0.05, 0.1) is 0 Å². The minimum absolute atomic E-state index is 0.599. The minimum atomic E-state index is 0.599. The molecule has 1 aliphatic carbocycles. The van der Waals surface area contributed by atoms with Crippen molar-refractivity contribution in [3.63, 3.8) is 0 Å². The van der Waals surface area contributed by atoms with Gasteiger partial charge in [0.15, 0.2) is 0 Å². The smallest absolute Gasteiger partial charge is 0.203 e. The third-order valence-electron chi connectivity index (χ3n) is 5.21. The van der Waals surface area contributed by atoms with Gasteiger partial charge in [-0.1, -0.05) is 25.7 Å². The highest BCUT2D eigenvalue weighted by molar-refractivity contribution is 5.27. The van der Waals surface area contributed by atoms with Crippen LogP contribution in [-0.2, 0) is 0 Å². The van der Waals surface area contributed by atoms with Gasteiger partial charge in [0.2, 0.25) is 5.95 Å². The molecule has 2 aliphatic rings. The van der Waals surface area contributed by atoms with Gasteiger partial charge >= 0.3 is 0 Å². The second-order valence-corrected chi connectivity index (χ2v) is 6.78. The summed E-state index contributed by atoms with van der Waals surface area (Å²) in [7, 11) is 0. The van der Waals surface area contributed by atoms with Crippen molar-refractivity contribution in [2.75, 3.05) is 25.0 Å². The van der Waals surface area contributed by atoms with Crippen LogP contribution >= 0.6 is 0 Å². The van der Waals surface area contributed by atoms with Crippen LogP contribution < -0.4 is 5.32 Å². The van der Waals surface area contributed by atoms with Gasteiger partial charge in [0.1, 0.15) is 0 Å². The van der Waals surface area contributed by atoms with E-state index in [-0.39, 0.29) is 0 Å². The first-order valence-corrected chi connectivity index (χ1v) is 8.85. The Morgan fingerprint density at radius 2 is 1.86 bits per heavy atom. The SMILES string of the molecule is CC(CNc1nccn1C1CCCCC1)N1CCCCC1. The maximum Gasteiger partial charge on any atom is 0.203 e. The highest BCUT2D eigenvalue weighted by Crippen LogP contribution is 2.30. The number of aromatic nitrogens is 2. The van der Waals surface area contributed by atoms with Crippen LogP contribution in [0.1, 0.15) is 64.3 Å². The zero-order valence-corrected chi connectivity index (χ0v) is 13.4. The zero-order valence-electron chi connectivity index (χ0n) is 13.4. The third kappa shape index (κ3) is 3.79. The molecule has 0 amide bonds. The Kier molecular flexibility index (Phi) is 5.17. The average Bonchev–Trinajstić information content (AvgIpc) is 3.03. The van der Waals surface area contributed by atoms with E-state index in [2.05, 4.69) is 32.9 Å². The molecule has 21 heavy (non-hydrogen) atoms. The Bertz CT molecular complexity index is 416. The lowest BCUT2D eigenvalue weighted by Crippen LogP contribution is -2.41. The lowest BCUT2D eigenvalue weighted by atomic mass is 9.95. The maximum atomic E-state index is 4.54. The summed E-state index contributed by atoms with van der Waals surface area (Å²) >= 11 is 0. The summed E-state index contributed by atoms with van der Waals surface area (Å²) in [5, 5.41) is 3.60. The molecule has 1 aromatic rings. The van der Waals surface area contributed by atoms with Crippen LogP contribution in [0.15, 0.2) is 12.4 Å². The van der Waals surface area contributed by atoms with Crippen LogP contribution in [0.4, 0.5) is 5.95 Å². The molecule has 0 bridgehead atoms. The molecule has 1 atom stereocenters. The van der Waals surface area contributed by atoms with Crippen LogP contribution in [0.2, 0.25) is 0 Å². The number of hydrogen-bond acceptors (Lipinski definition) is 3. The molecule has 1 aromatic heterocycles. The van der Waals surface area contributed by atoms with Gasteiger partial charge < -0.3 is 9.88 Å². The number of rotatable bonds is 5. The number of anilines is 1. The largest absolute Gasteiger partial charge is 0.354 e. The topological polar surface area (TPSA) is 33.1 Å². The normalized spacial score (nSPS) is 23.1. The summed E-state index contributed by atoms with van der Waals surface area (Å²) in [6.07, 6.45) is 15.0. The second kappa shape index (κ2) is 7.30. The third-order valence-corrected chi connectivity index (χ3v) is 5.21. The number of piperidine rings is 1. The van der Waals surface area contributed by atoms with Gasteiger partial charge in [-0.05, 0) is 45.7 Å². The van der Waals surface area contributed by atoms with Crippen molar-refractivity contribution in [1.29, 1.82) is 0 Å². The standard InChI is InChI=1S/C17H30N4/c1-15(20-11-6-3-7-12-20)14-19-17-18-10-13-21(17)16-8-4-2-5-9-16/h10,13,15-16H,2-9,11-12,14H2,1H3,(H,18,19). The van der Waals surface area contributed by atoms with E-state index in [9.17, 15) is 0 Å². The monoisotopic (exact) mass is 290 g/mol. The fraction of sp³-hybridized carbons (Fsp3) is 0.824. The Labute approximate surface area is 128 Å². The minimum Gasteiger partial charge on any atom is -0.354 e. The summed E-state index contributed by atoms with van der Waals surface area (Å²) in [5.74, 6) is 1.07. The molecule has 1 saturated carbocycles. The molecule has 2 heterocycles. The van der Waals surface area contributed by atoms with Crippen LogP contribution in [0.3, 0.4) is 0 Å². The Hall–Kier alpha value is -1.03. The number of likely N-dealkylation sites (tertiary alicyclic amines) is 1. The summed E-state index contributed by atoms with van der Waals surface area (Å²) in [4.78, 5) is 7.16. The lowest BCUT2D eigenvalue weighted by Gasteiger charge is -2.32. The van der Waals surface area contributed by atoms with Crippen molar-refractivity contribution < 1.29 is 0 Å². The van der Waals surface area contributed by atoms with Gasteiger partial charge in [0, 0.05) is 31.0 Å². The van der Waals surface area contributed by atoms with Crippen LogP contribution in [0, 0.1) is 0 Å². The predicted molar refractivity (Wildman–Crippen MR) is 87.7 cm³/mol. The predicted octanol–water partition coefficient (Wildman–Crippen LogP) is 3.67. The molecular formula is C17H30N4. The van der Waals surface area contributed by atoms with Crippen molar-refractivity contribution in [3.05, 3.63) is 12.4 Å². The van der Waals surface area contributed by atoms with E-state index in [0.29, 0.717) is 12.1 Å². The fourth-order valence-corrected chi connectivity index (χ4v) is 3.83. The van der Waals surface area contributed by atoms with E-state index in [1.165, 1.54) is 64.5 Å². The van der Waals surface area contributed by atoms with Gasteiger partial charge in [-0.15, -0.1) is 0 Å². The highest BCUT2D eigenvalue weighted by Gasteiger charge is 2.19. The highest BCUT2D eigenvalue weighted by atomic mass is 15.2.